The van der Waals surface area contributed by atoms with Crippen LogP contribution in [0.5, 0.6) is 0 Å². The Morgan fingerprint density at radius 2 is 1.63 bits per heavy atom. The molecule has 0 amide bonds. The van der Waals surface area contributed by atoms with Crippen molar-refractivity contribution in [3.05, 3.63) is 78.5 Å². The van der Waals surface area contributed by atoms with E-state index in [1.54, 1.807) is 36.5 Å². The summed E-state index contributed by atoms with van der Waals surface area (Å²) in [7, 11) is -4.46. The maximum atomic E-state index is 11.8. The van der Waals surface area contributed by atoms with Crippen molar-refractivity contribution in [3.63, 3.8) is 0 Å². The third kappa shape index (κ3) is 3.78. The van der Waals surface area contributed by atoms with E-state index in [0.29, 0.717) is 16.5 Å². The Morgan fingerprint density at radius 3 is 2.30 bits per heavy atom. The number of azo groups is 1. The summed E-state index contributed by atoms with van der Waals surface area (Å²) >= 11 is 0. The molecule has 1 aromatic heterocycles. The third-order valence-electron chi connectivity index (χ3n) is 4.75. The first-order chi connectivity index (χ1) is 14.3. The van der Waals surface area contributed by atoms with Crippen molar-refractivity contribution >= 4 is 38.0 Å². The van der Waals surface area contributed by atoms with Gasteiger partial charge in [-0.3, -0.25) is 9.54 Å². The van der Waals surface area contributed by atoms with Crippen LogP contribution in [0.3, 0.4) is 0 Å². The fourth-order valence-corrected chi connectivity index (χ4v) is 3.94. The fraction of sp³-hybridized carbons (Fsp3) is 0.0455. The number of fused-ring (bicyclic) bond motifs is 1. The van der Waals surface area contributed by atoms with Gasteiger partial charge in [0.05, 0.1) is 17.6 Å². The van der Waals surface area contributed by atoms with Crippen molar-refractivity contribution in [3.8, 4) is 11.3 Å². The highest BCUT2D eigenvalue weighted by molar-refractivity contribution is 7.86. The molecule has 7 nitrogen and oxygen atoms in total. The Bertz CT molecular complexity index is 1380. The Balaban J connectivity index is 1.72. The molecule has 8 heteroatoms. The number of hydrogen-bond donors (Lipinski definition) is 2. The van der Waals surface area contributed by atoms with Gasteiger partial charge in [-0.15, -0.1) is 10.2 Å². The van der Waals surface area contributed by atoms with Crippen LogP contribution in [0, 0.1) is 6.92 Å². The summed E-state index contributed by atoms with van der Waals surface area (Å²) in [4.78, 5) is 4.16. The first kappa shape index (κ1) is 19.7. The van der Waals surface area contributed by atoms with Crippen LogP contribution in [0.1, 0.15) is 5.56 Å². The van der Waals surface area contributed by atoms with E-state index in [0.717, 1.165) is 16.8 Å². The summed E-state index contributed by atoms with van der Waals surface area (Å²) < 4.78 is 33.2. The summed E-state index contributed by atoms with van der Waals surface area (Å²) in [6.07, 6.45) is 1.58. The minimum Gasteiger partial charge on any atom is -0.396 e. The Kier molecular flexibility index (Phi) is 5.03. The Hall–Kier alpha value is -3.62. The van der Waals surface area contributed by atoms with Crippen molar-refractivity contribution in [2.75, 3.05) is 5.73 Å². The van der Waals surface area contributed by atoms with Crippen LogP contribution < -0.4 is 5.73 Å². The number of rotatable bonds is 4. The summed E-state index contributed by atoms with van der Waals surface area (Å²) in [5.41, 5.74) is 10.0. The number of aromatic nitrogens is 1. The van der Waals surface area contributed by atoms with Crippen LogP contribution in [-0.2, 0) is 10.1 Å². The third-order valence-corrected chi connectivity index (χ3v) is 5.64. The lowest BCUT2D eigenvalue weighted by Gasteiger charge is -2.09. The number of nitrogens with zero attached hydrogens (tertiary/aromatic N) is 3. The van der Waals surface area contributed by atoms with E-state index < -0.39 is 10.1 Å². The predicted octanol–water partition coefficient (Wildman–Crippen LogP) is 5.45. The van der Waals surface area contributed by atoms with Gasteiger partial charge in [0.25, 0.3) is 10.1 Å². The first-order valence-corrected chi connectivity index (χ1v) is 10.5. The molecule has 0 saturated carbocycles. The van der Waals surface area contributed by atoms with Gasteiger partial charge in [-0.1, -0.05) is 48.5 Å². The maximum absolute atomic E-state index is 11.8. The van der Waals surface area contributed by atoms with Crippen LogP contribution in [0.2, 0.25) is 0 Å². The number of nitrogens with two attached hydrogens (primary N) is 1. The molecule has 0 spiro atoms. The smallest absolute Gasteiger partial charge is 0.295 e. The van der Waals surface area contributed by atoms with Crippen LogP contribution in [-0.4, -0.2) is 18.0 Å². The molecular formula is C22H18N4O3S. The second kappa shape index (κ2) is 7.66. The van der Waals surface area contributed by atoms with Crippen molar-refractivity contribution in [2.24, 2.45) is 10.2 Å². The van der Waals surface area contributed by atoms with Crippen LogP contribution in [0.25, 0.3) is 22.0 Å². The number of aryl methyl sites for hydroxylation is 1. The zero-order valence-electron chi connectivity index (χ0n) is 16.0. The number of anilines is 1. The van der Waals surface area contributed by atoms with Gasteiger partial charge in [0.1, 0.15) is 16.3 Å². The van der Waals surface area contributed by atoms with E-state index >= 15 is 0 Å². The van der Waals surface area contributed by atoms with Gasteiger partial charge in [0.15, 0.2) is 0 Å². The average molecular weight is 418 g/mol. The molecule has 3 N–H and O–H groups in total. The standard InChI is InChI=1S/C22H18N4O3S/c1-14-6-2-3-7-16(14)19-11-10-15(13-24-19)25-26-20-12-21(30(27,28)29)17-8-4-5-9-18(17)22(20)23/h2-13H,23H2,1H3,(H,27,28,29)/b26-25+. The highest BCUT2D eigenvalue weighted by atomic mass is 32.2. The zero-order valence-corrected chi connectivity index (χ0v) is 16.8. The molecule has 0 fully saturated rings. The minimum absolute atomic E-state index is 0.143. The van der Waals surface area contributed by atoms with Crippen molar-refractivity contribution < 1.29 is 13.0 Å². The zero-order chi connectivity index (χ0) is 21.3. The van der Waals surface area contributed by atoms with Gasteiger partial charge in [-0.2, -0.15) is 8.42 Å². The molecule has 3 aromatic carbocycles. The largest absolute Gasteiger partial charge is 0.396 e. The van der Waals surface area contributed by atoms with Crippen LogP contribution in [0.4, 0.5) is 17.1 Å². The molecule has 0 saturated heterocycles. The topological polar surface area (TPSA) is 118 Å². The monoisotopic (exact) mass is 418 g/mol. The van der Waals surface area contributed by atoms with E-state index in [1.165, 1.54) is 6.07 Å². The molecule has 4 rings (SSSR count). The van der Waals surface area contributed by atoms with Gasteiger partial charge in [-0.05, 0) is 30.7 Å². The second-order valence-corrected chi connectivity index (χ2v) is 8.13. The van der Waals surface area contributed by atoms with Crippen molar-refractivity contribution in [1.82, 2.24) is 4.98 Å². The van der Waals surface area contributed by atoms with E-state index in [1.807, 2.05) is 37.3 Å². The SMILES string of the molecule is Cc1ccccc1-c1ccc(/N=N/c2cc(S(=O)(=O)O)c3ccccc3c2N)cn1. The molecule has 1 heterocycles. The van der Waals surface area contributed by atoms with E-state index in [2.05, 4.69) is 15.2 Å². The molecule has 0 bridgehead atoms. The van der Waals surface area contributed by atoms with Crippen LogP contribution >= 0.6 is 0 Å². The minimum atomic E-state index is -4.46. The summed E-state index contributed by atoms with van der Waals surface area (Å²) in [6.45, 7) is 2.01. The molecule has 0 atom stereocenters. The highest BCUT2D eigenvalue weighted by Crippen LogP contribution is 2.36. The molecule has 0 aliphatic heterocycles. The summed E-state index contributed by atoms with van der Waals surface area (Å²) in [6, 6.07) is 19.4. The number of nitrogen functional groups attached to an aromatic ring is 1. The fourth-order valence-electron chi connectivity index (χ4n) is 3.22. The lowest BCUT2D eigenvalue weighted by Crippen LogP contribution is -2.01. The van der Waals surface area contributed by atoms with Gasteiger partial charge >= 0.3 is 0 Å². The van der Waals surface area contributed by atoms with E-state index in [4.69, 9.17) is 5.73 Å². The lowest BCUT2D eigenvalue weighted by atomic mass is 10.1. The summed E-state index contributed by atoms with van der Waals surface area (Å²) in [5.74, 6) is 0. The molecule has 0 unspecified atom stereocenters. The highest BCUT2D eigenvalue weighted by Gasteiger charge is 2.18. The van der Waals surface area contributed by atoms with Gasteiger partial charge in [0.2, 0.25) is 0 Å². The van der Waals surface area contributed by atoms with Gasteiger partial charge < -0.3 is 5.73 Å². The summed E-state index contributed by atoms with van der Waals surface area (Å²) in [5, 5.41) is 9.02. The van der Waals surface area contributed by atoms with Crippen molar-refractivity contribution in [2.45, 2.75) is 11.8 Å². The predicted molar refractivity (Wildman–Crippen MR) is 117 cm³/mol. The van der Waals surface area contributed by atoms with E-state index in [-0.39, 0.29) is 16.3 Å². The normalized spacial score (nSPS) is 11.9. The number of pyridine rings is 1. The second-order valence-electron chi connectivity index (χ2n) is 6.74. The molecule has 0 radical (unpaired) electrons. The van der Waals surface area contributed by atoms with Gasteiger partial charge in [0, 0.05) is 16.3 Å². The average Bonchev–Trinajstić information content (AvgIpc) is 2.73. The Morgan fingerprint density at radius 1 is 0.933 bits per heavy atom. The molecule has 4 aromatic rings. The Labute approximate surface area is 173 Å². The molecule has 0 aliphatic carbocycles. The van der Waals surface area contributed by atoms with E-state index in [9.17, 15) is 13.0 Å². The molecule has 30 heavy (non-hydrogen) atoms. The van der Waals surface area contributed by atoms with Crippen LogP contribution in [0.15, 0.2) is 88.1 Å². The first-order valence-electron chi connectivity index (χ1n) is 9.07. The quantitative estimate of drug-likeness (QED) is 0.259. The maximum Gasteiger partial charge on any atom is 0.295 e. The molecule has 150 valence electrons. The molecular weight excluding hydrogens is 400 g/mol. The van der Waals surface area contributed by atoms with Gasteiger partial charge in [-0.25, -0.2) is 0 Å². The lowest BCUT2D eigenvalue weighted by molar-refractivity contribution is 0.484. The number of hydrogen-bond acceptors (Lipinski definition) is 6. The van der Waals surface area contributed by atoms with Crippen molar-refractivity contribution in [1.29, 1.82) is 0 Å². The number of benzene rings is 3. The molecule has 0 aliphatic rings.